The van der Waals surface area contributed by atoms with E-state index in [0.29, 0.717) is 16.3 Å². The van der Waals surface area contributed by atoms with Crippen molar-refractivity contribution in [2.45, 2.75) is 24.7 Å². The summed E-state index contributed by atoms with van der Waals surface area (Å²) in [6.45, 7) is 1.81. The minimum Gasteiger partial charge on any atom is -0.361 e. The summed E-state index contributed by atoms with van der Waals surface area (Å²) in [4.78, 5) is 7.17. The number of imidazole rings is 1. The van der Waals surface area contributed by atoms with Crippen molar-refractivity contribution >= 4 is 33.0 Å². The predicted octanol–water partition coefficient (Wildman–Crippen LogP) is 4.87. The molecule has 0 aliphatic rings. The molecular weight excluding hydrogens is 426 g/mol. The van der Waals surface area contributed by atoms with Gasteiger partial charge in [0.15, 0.2) is 14.9 Å². The highest BCUT2D eigenvalue weighted by atomic mass is 35.5. The number of sulfone groups is 1. The first-order valence-electron chi connectivity index (χ1n) is 8.22. The van der Waals surface area contributed by atoms with Crippen molar-refractivity contribution in [3.8, 4) is 0 Å². The van der Waals surface area contributed by atoms with Gasteiger partial charge in [0.2, 0.25) is 0 Å². The summed E-state index contributed by atoms with van der Waals surface area (Å²) in [5.74, 6) is -0.274. The highest BCUT2D eigenvalue weighted by Gasteiger charge is 2.24. The van der Waals surface area contributed by atoms with E-state index < -0.39 is 21.8 Å². The van der Waals surface area contributed by atoms with Crippen LogP contribution < -0.4 is 0 Å². The molecule has 0 aliphatic heterocycles. The smallest absolute Gasteiger partial charge is 0.194 e. The molecular formula is C19H17Cl2FN2O3S. The van der Waals surface area contributed by atoms with Gasteiger partial charge < -0.3 is 9.72 Å². The number of aryl methyl sites for hydroxylation is 1. The Morgan fingerprint density at radius 3 is 2.43 bits per heavy atom. The van der Waals surface area contributed by atoms with E-state index in [1.807, 2.05) is 12.1 Å². The van der Waals surface area contributed by atoms with Crippen LogP contribution in [0.15, 0.2) is 47.5 Å². The molecule has 0 amide bonds. The molecule has 1 unspecified atom stereocenters. The van der Waals surface area contributed by atoms with Crippen molar-refractivity contribution in [1.82, 2.24) is 9.97 Å². The van der Waals surface area contributed by atoms with E-state index >= 15 is 0 Å². The summed E-state index contributed by atoms with van der Waals surface area (Å²) in [5, 5.41) is 0.477. The molecule has 0 saturated carbocycles. The van der Waals surface area contributed by atoms with Crippen LogP contribution in [0.4, 0.5) is 4.39 Å². The largest absolute Gasteiger partial charge is 0.361 e. The molecule has 2 aromatic carbocycles. The quantitative estimate of drug-likeness (QED) is 0.590. The van der Waals surface area contributed by atoms with E-state index in [1.165, 1.54) is 18.2 Å². The lowest BCUT2D eigenvalue weighted by Crippen LogP contribution is -2.09. The van der Waals surface area contributed by atoms with Gasteiger partial charge in [-0.3, -0.25) is 0 Å². The topological polar surface area (TPSA) is 72.0 Å². The van der Waals surface area contributed by atoms with Gasteiger partial charge in [0, 0.05) is 11.3 Å². The van der Waals surface area contributed by atoms with Crippen LogP contribution in [0.25, 0.3) is 0 Å². The number of ether oxygens (including phenoxy) is 1. The van der Waals surface area contributed by atoms with Crippen molar-refractivity contribution in [1.29, 1.82) is 0 Å². The molecule has 1 N–H and O–H groups in total. The molecule has 1 aromatic heterocycles. The van der Waals surface area contributed by atoms with Gasteiger partial charge in [-0.1, -0.05) is 41.4 Å². The molecule has 1 atom stereocenters. The molecule has 0 saturated heterocycles. The zero-order chi connectivity index (χ0) is 20.5. The summed E-state index contributed by atoms with van der Waals surface area (Å²) in [6, 6.07) is 11.3. The maximum atomic E-state index is 13.6. The summed E-state index contributed by atoms with van der Waals surface area (Å²) in [5.41, 5.74) is 1.79. The molecule has 3 aromatic rings. The average molecular weight is 443 g/mol. The van der Waals surface area contributed by atoms with E-state index in [-0.39, 0.29) is 22.5 Å². The first-order valence-corrected chi connectivity index (χ1v) is 10.9. The molecule has 0 fully saturated rings. The molecule has 0 aliphatic carbocycles. The Morgan fingerprint density at radius 1 is 1.18 bits per heavy atom. The Balaban J connectivity index is 1.98. The third-order valence-corrected chi connectivity index (χ3v) is 5.68. The second-order valence-electron chi connectivity index (χ2n) is 6.32. The number of nitrogens with one attached hydrogen (secondary N) is 1. The number of hydrogen-bond donors (Lipinski definition) is 1. The number of benzene rings is 2. The van der Waals surface area contributed by atoms with Crippen LogP contribution in [-0.2, 0) is 21.2 Å². The molecule has 3 rings (SSSR count). The maximum Gasteiger partial charge on any atom is 0.194 e. The fraction of sp³-hybridized carbons (Fsp3) is 0.211. The summed E-state index contributed by atoms with van der Waals surface area (Å²) in [7, 11) is -3.51. The Morgan fingerprint density at radius 2 is 1.86 bits per heavy atom. The van der Waals surface area contributed by atoms with Crippen LogP contribution in [-0.4, -0.2) is 24.6 Å². The lowest BCUT2D eigenvalue weighted by molar-refractivity contribution is 0.0613. The highest BCUT2D eigenvalue weighted by Crippen LogP contribution is 2.30. The van der Waals surface area contributed by atoms with Crippen LogP contribution in [0.1, 0.15) is 28.7 Å². The van der Waals surface area contributed by atoms with E-state index in [9.17, 15) is 12.8 Å². The van der Waals surface area contributed by atoms with Crippen LogP contribution in [0.5, 0.6) is 0 Å². The molecule has 0 bridgehead atoms. The predicted molar refractivity (Wildman–Crippen MR) is 106 cm³/mol. The molecule has 0 radical (unpaired) electrons. The number of aromatic amines is 1. The van der Waals surface area contributed by atoms with Gasteiger partial charge >= 0.3 is 0 Å². The van der Waals surface area contributed by atoms with Crippen molar-refractivity contribution in [2.75, 3.05) is 6.26 Å². The lowest BCUT2D eigenvalue weighted by Gasteiger charge is -2.17. The van der Waals surface area contributed by atoms with Gasteiger partial charge in [-0.05, 0) is 42.3 Å². The number of H-pyrrole nitrogens is 1. The van der Waals surface area contributed by atoms with E-state index in [4.69, 9.17) is 27.9 Å². The zero-order valence-corrected chi connectivity index (χ0v) is 17.4. The Labute approximate surface area is 172 Å². The summed E-state index contributed by atoms with van der Waals surface area (Å²) >= 11 is 11.8. The SMILES string of the molecule is Cc1[nH]c(C(OCc2ccc(Cl)cc2)c2ccc(F)c(Cl)c2)nc1S(C)(=O)=O. The van der Waals surface area contributed by atoms with Gasteiger partial charge in [0.1, 0.15) is 17.7 Å². The molecule has 28 heavy (non-hydrogen) atoms. The van der Waals surface area contributed by atoms with E-state index in [1.54, 1.807) is 19.1 Å². The van der Waals surface area contributed by atoms with Gasteiger partial charge in [-0.15, -0.1) is 0 Å². The molecule has 1 heterocycles. The summed E-state index contributed by atoms with van der Waals surface area (Å²) in [6.07, 6.45) is 0.307. The molecule has 5 nitrogen and oxygen atoms in total. The van der Waals surface area contributed by atoms with Crippen molar-refractivity contribution in [3.05, 3.63) is 81.0 Å². The normalized spacial score (nSPS) is 12.9. The Kier molecular flexibility index (Phi) is 6.09. The average Bonchev–Trinajstić information content (AvgIpc) is 3.01. The van der Waals surface area contributed by atoms with E-state index in [0.717, 1.165) is 11.8 Å². The molecule has 148 valence electrons. The van der Waals surface area contributed by atoms with Crippen molar-refractivity contribution in [3.63, 3.8) is 0 Å². The fourth-order valence-corrected chi connectivity index (χ4v) is 3.91. The highest BCUT2D eigenvalue weighted by molar-refractivity contribution is 7.90. The van der Waals surface area contributed by atoms with Crippen LogP contribution in [0.3, 0.4) is 0 Å². The molecule has 9 heteroatoms. The van der Waals surface area contributed by atoms with Gasteiger partial charge in [-0.2, -0.15) is 0 Å². The monoisotopic (exact) mass is 442 g/mol. The third-order valence-electron chi connectivity index (χ3n) is 4.03. The minimum atomic E-state index is -3.51. The standard InChI is InChI=1S/C19H17Cl2FN2O3S/c1-11-19(28(2,25)26)24-18(23-11)17(13-5-8-16(22)15(21)9-13)27-10-12-3-6-14(20)7-4-12/h3-9,17H,10H2,1-2H3,(H,23,24). The van der Waals surface area contributed by atoms with Gasteiger partial charge in [-0.25, -0.2) is 17.8 Å². The van der Waals surface area contributed by atoms with Crippen LogP contribution in [0.2, 0.25) is 10.0 Å². The number of rotatable bonds is 6. The fourth-order valence-electron chi connectivity index (χ4n) is 2.72. The number of hydrogen-bond acceptors (Lipinski definition) is 4. The Hall–Kier alpha value is -1.93. The third kappa shape index (κ3) is 4.72. The molecule has 0 spiro atoms. The zero-order valence-electron chi connectivity index (χ0n) is 15.0. The minimum absolute atomic E-state index is 0.0594. The first-order chi connectivity index (χ1) is 13.1. The number of aromatic nitrogens is 2. The Bertz CT molecular complexity index is 1100. The van der Waals surface area contributed by atoms with Crippen LogP contribution >= 0.6 is 23.2 Å². The second kappa shape index (κ2) is 8.21. The van der Waals surface area contributed by atoms with Crippen molar-refractivity contribution < 1.29 is 17.5 Å². The van der Waals surface area contributed by atoms with Gasteiger partial charge in [0.25, 0.3) is 0 Å². The first kappa shape index (κ1) is 20.8. The second-order valence-corrected chi connectivity index (χ2v) is 9.09. The number of halogens is 3. The lowest BCUT2D eigenvalue weighted by atomic mass is 10.1. The maximum absolute atomic E-state index is 13.6. The van der Waals surface area contributed by atoms with Crippen molar-refractivity contribution in [2.24, 2.45) is 0 Å². The number of nitrogens with zero attached hydrogens (tertiary/aromatic N) is 1. The van der Waals surface area contributed by atoms with Crippen LogP contribution in [0, 0.1) is 12.7 Å². The van der Waals surface area contributed by atoms with E-state index in [2.05, 4.69) is 9.97 Å². The van der Waals surface area contributed by atoms with Gasteiger partial charge in [0.05, 0.1) is 17.3 Å². The summed E-state index contributed by atoms with van der Waals surface area (Å²) < 4.78 is 43.5.